The van der Waals surface area contributed by atoms with E-state index in [1.807, 2.05) is 0 Å². The quantitative estimate of drug-likeness (QED) is 0.327. The molecule has 0 fully saturated rings. The molecule has 0 aromatic heterocycles. The number of para-hydroxylation sites is 1. The molecule has 0 saturated heterocycles. The zero-order valence-corrected chi connectivity index (χ0v) is 19.4. The number of benzene rings is 2. The van der Waals surface area contributed by atoms with Gasteiger partial charge in [0.2, 0.25) is 5.91 Å². The molecule has 1 atom stereocenters. The highest BCUT2D eigenvalue weighted by Crippen LogP contribution is 2.33. The van der Waals surface area contributed by atoms with Crippen molar-refractivity contribution in [2.75, 3.05) is 49.7 Å². The van der Waals surface area contributed by atoms with E-state index in [-0.39, 0.29) is 19.1 Å². The van der Waals surface area contributed by atoms with Crippen molar-refractivity contribution in [2.24, 2.45) is 0 Å². The number of amides is 1. The SMILES string of the molecule is O=C(CSCCCO)NCc1ccc(CN(CCO)CCC2CNc3ccccc32)cc1. The number of aliphatic hydroxyl groups excluding tert-OH is 2. The van der Waals surface area contributed by atoms with E-state index < -0.39 is 0 Å². The summed E-state index contributed by atoms with van der Waals surface area (Å²) < 4.78 is 0. The Bertz CT molecular complexity index is 831. The Hall–Kier alpha value is -2.06. The van der Waals surface area contributed by atoms with Gasteiger partial charge in [-0.25, -0.2) is 0 Å². The predicted octanol–water partition coefficient (Wildman–Crippen LogP) is 2.81. The largest absolute Gasteiger partial charge is 0.396 e. The molecule has 1 heterocycles. The van der Waals surface area contributed by atoms with E-state index in [1.54, 1.807) is 11.8 Å². The number of rotatable bonds is 14. The highest BCUT2D eigenvalue weighted by molar-refractivity contribution is 7.99. The van der Waals surface area contributed by atoms with Crippen molar-refractivity contribution in [2.45, 2.75) is 31.8 Å². The monoisotopic (exact) mass is 457 g/mol. The van der Waals surface area contributed by atoms with Gasteiger partial charge in [-0.05, 0) is 47.9 Å². The fourth-order valence-electron chi connectivity index (χ4n) is 3.97. The number of carbonyl (C=O) groups excluding carboxylic acids is 1. The Morgan fingerprint density at radius 2 is 1.84 bits per heavy atom. The molecule has 1 aliphatic rings. The predicted molar refractivity (Wildman–Crippen MR) is 132 cm³/mol. The highest BCUT2D eigenvalue weighted by Gasteiger charge is 2.22. The van der Waals surface area contributed by atoms with Crippen LogP contribution in [0.1, 0.15) is 35.4 Å². The molecule has 0 spiro atoms. The van der Waals surface area contributed by atoms with Gasteiger partial charge in [-0.2, -0.15) is 11.8 Å². The van der Waals surface area contributed by atoms with Crippen LogP contribution in [0.2, 0.25) is 0 Å². The van der Waals surface area contributed by atoms with Crippen LogP contribution in [-0.2, 0) is 17.9 Å². The topological polar surface area (TPSA) is 84.8 Å². The Morgan fingerprint density at radius 3 is 2.62 bits per heavy atom. The van der Waals surface area contributed by atoms with Crippen LogP contribution in [0.15, 0.2) is 48.5 Å². The lowest BCUT2D eigenvalue weighted by Crippen LogP contribution is -2.29. The number of aliphatic hydroxyl groups is 2. The molecule has 0 saturated carbocycles. The number of hydrogen-bond acceptors (Lipinski definition) is 6. The molecule has 7 heteroatoms. The smallest absolute Gasteiger partial charge is 0.230 e. The van der Waals surface area contributed by atoms with Gasteiger partial charge in [0, 0.05) is 44.4 Å². The van der Waals surface area contributed by atoms with Crippen molar-refractivity contribution in [1.82, 2.24) is 10.2 Å². The van der Waals surface area contributed by atoms with Crippen LogP contribution in [0.3, 0.4) is 0 Å². The Morgan fingerprint density at radius 1 is 1.06 bits per heavy atom. The summed E-state index contributed by atoms with van der Waals surface area (Å²) in [5.41, 5.74) is 4.93. The molecule has 1 amide bonds. The van der Waals surface area contributed by atoms with Crippen molar-refractivity contribution in [3.05, 3.63) is 65.2 Å². The first-order valence-electron chi connectivity index (χ1n) is 11.4. The highest BCUT2D eigenvalue weighted by atomic mass is 32.2. The standard InChI is InChI=1S/C25H35N3O3S/c29-13-3-15-32-19-25(31)27-16-20-6-8-21(9-7-20)18-28(12-14-30)11-10-22-17-26-24-5-2-1-4-23(22)24/h1-2,4-9,22,26,29-30H,3,10-19H2,(H,27,31). The average molecular weight is 458 g/mol. The number of fused-ring (bicyclic) bond motifs is 1. The van der Waals surface area contributed by atoms with E-state index in [4.69, 9.17) is 5.11 Å². The number of nitrogens with one attached hydrogen (secondary N) is 2. The molecule has 6 nitrogen and oxygen atoms in total. The summed E-state index contributed by atoms with van der Waals surface area (Å²) in [6, 6.07) is 16.8. The van der Waals surface area contributed by atoms with Gasteiger partial charge in [-0.15, -0.1) is 0 Å². The van der Waals surface area contributed by atoms with Crippen LogP contribution in [0.25, 0.3) is 0 Å². The lowest BCUT2D eigenvalue weighted by molar-refractivity contribution is -0.118. The minimum absolute atomic E-state index is 0.0223. The number of anilines is 1. The number of carbonyl (C=O) groups is 1. The first kappa shape index (κ1) is 24.6. The molecule has 0 bridgehead atoms. The van der Waals surface area contributed by atoms with Gasteiger partial charge in [0.05, 0.1) is 12.4 Å². The molecule has 3 rings (SSSR count). The lowest BCUT2D eigenvalue weighted by atomic mass is 9.97. The summed E-state index contributed by atoms with van der Waals surface area (Å²) in [6.07, 6.45) is 1.78. The Balaban J connectivity index is 1.43. The maximum Gasteiger partial charge on any atom is 0.230 e. The van der Waals surface area contributed by atoms with Crippen molar-refractivity contribution in [1.29, 1.82) is 0 Å². The van der Waals surface area contributed by atoms with Gasteiger partial charge >= 0.3 is 0 Å². The maximum absolute atomic E-state index is 11.9. The fourth-order valence-corrected chi connectivity index (χ4v) is 4.73. The zero-order chi connectivity index (χ0) is 22.6. The molecule has 32 heavy (non-hydrogen) atoms. The minimum Gasteiger partial charge on any atom is -0.396 e. The van der Waals surface area contributed by atoms with Gasteiger partial charge < -0.3 is 20.8 Å². The van der Waals surface area contributed by atoms with Crippen LogP contribution < -0.4 is 10.6 Å². The van der Waals surface area contributed by atoms with Gasteiger partial charge in [0.1, 0.15) is 0 Å². The second kappa shape index (κ2) is 13.5. The van der Waals surface area contributed by atoms with Crippen molar-refractivity contribution in [3.8, 4) is 0 Å². The average Bonchev–Trinajstić information content (AvgIpc) is 3.23. The van der Waals surface area contributed by atoms with Gasteiger partial charge in [-0.3, -0.25) is 9.69 Å². The normalized spacial score (nSPS) is 14.9. The second-order valence-corrected chi connectivity index (χ2v) is 9.28. The van der Waals surface area contributed by atoms with E-state index in [0.717, 1.165) is 43.8 Å². The first-order valence-corrected chi connectivity index (χ1v) is 12.5. The second-order valence-electron chi connectivity index (χ2n) is 8.18. The van der Waals surface area contributed by atoms with Gasteiger partial charge in [0.15, 0.2) is 0 Å². The summed E-state index contributed by atoms with van der Waals surface area (Å²) >= 11 is 1.54. The van der Waals surface area contributed by atoms with Crippen molar-refractivity contribution in [3.63, 3.8) is 0 Å². The van der Waals surface area contributed by atoms with E-state index in [1.165, 1.54) is 16.8 Å². The summed E-state index contributed by atoms with van der Waals surface area (Å²) in [4.78, 5) is 14.2. The molecule has 174 valence electrons. The molecule has 4 N–H and O–H groups in total. The zero-order valence-electron chi connectivity index (χ0n) is 18.6. The number of hydrogen-bond donors (Lipinski definition) is 4. The third-order valence-corrected chi connectivity index (χ3v) is 6.79. The van der Waals surface area contributed by atoms with E-state index in [0.29, 0.717) is 24.8 Å². The minimum atomic E-state index is 0.0223. The molecular weight excluding hydrogens is 422 g/mol. The fraction of sp³-hybridized carbons (Fsp3) is 0.480. The van der Waals surface area contributed by atoms with E-state index in [9.17, 15) is 9.90 Å². The third-order valence-electron chi connectivity index (χ3n) is 5.75. The molecule has 0 aliphatic carbocycles. The van der Waals surface area contributed by atoms with Crippen LogP contribution in [0.4, 0.5) is 5.69 Å². The molecule has 0 radical (unpaired) electrons. The molecule has 1 aliphatic heterocycles. The third kappa shape index (κ3) is 7.81. The van der Waals surface area contributed by atoms with E-state index in [2.05, 4.69) is 64.1 Å². The maximum atomic E-state index is 11.9. The summed E-state index contributed by atoms with van der Waals surface area (Å²) in [7, 11) is 0. The van der Waals surface area contributed by atoms with Crippen LogP contribution in [0.5, 0.6) is 0 Å². The number of thioether (sulfide) groups is 1. The molecule has 2 aromatic rings. The Labute approximate surface area is 195 Å². The van der Waals surface area contributed by atoms with Crippen LogP contribution in [0, 0.1) is 0 Å². The van der Waals surface area contributed by atoms with Crippen molar-refractivity contribution < 1.29 is 15.0 Å². The molecular formula is C25H35N3O3S. The van der Waals surface area contributed by atoms with Gasteiger partial charge in [-0.1, -0.05) is 42.5 Å². The van der Waals surface area contributed by atoms with E-state index >= 15 is 0 Å². The summed E-state index contributed by atoms with van der Waals surface area (Å²) in [6.45, 7) is 4.22. The van der Waals surface area contributed by atoms with Crippen LogP contribution >= 0.6 is 11.8 Å². The van der Waals surface area contributed by atoms with Gasteiger partial charge in [0.25, 0.3) is 0 Å². The molecule has 2 aromatic carbocycles. The van der Waals surface area contributed by atoms with Crippen LogP contribution in [-0.4, -0.2) is 65.4 Å². The lowest BCUT2D eigenvalue weighted by Gasteiger charge is -2.23. The number of nitrogens with zero attached hydrogens (tertiary/aromatic N) is 1. The van der Waals surface area contributed by atoms with Crippen molar-refractivity contribution >= 4 is 23.4 Å². The first-order chi connectivity index (χ1) is 15.7. The summed E-state index contributed by atoms with van der Waals surface area (Å²) in [5.74, 6) is 1.76. The Kier molecular flexibility index (Phi) is 10.4. The summed E-state index contributed by atoms with van der Waals surface area (Å²) in [5, 5.41) is 24.7. The molecule has 1 unspecified atom stereocenters.